The van der Waals surface area contributed by atoms with E-state index in [-0.39, 0.29) is 5.97 Å². The summed E-state index contributed by atoms with van der Waals surface area (Å²) >= 11 is 0. The summed E-state index contributed by atoms with van der Waals surface area (Å²) in [6.07, 6.45) is 3.07. The normalized spacial score (nSPS) is 11.9. The predicted molar refractivity (Wildman–Crippen MR) is 65.5 cm³/mol. The van der Waals surface area contributed by atoms with Crippen LogP contribution in [-0.2, 0) is 16.0 Å². The number of nitrogens with zero attached hydrogens (tertiary/aromatic N) is 2. The Morgan fingerprint density at radius 2 is 2.29 bits per heavy atom. The minimum atomic E-state index is -0.468. The molecule has 0 radical (unpaired) electrons. The van der Waals surface area contributed by atoms with Crippen LogP contribution in [0.5, 0.6) is 0 Å². The molecule has 0 aromatic carbocycles. The van der Waals surface area contributed by atoms with Gasteiger partial charge in [0, 0.05) is 5.56 Å². The molecule has 0 amide bonds. The van der Waals surface area contributed by atoms with Crippen molar-refractivity contribution < 1.29 is 9.53 Å². The van der Waals surface area contributed by atoms with Gasteiger partial charge in [0.1, 0.15) is 24.0 Å². The molecule has 0 aliphatic heterocycles. The second-order valence-corrected chi connectivity index (χ2v) is 3.73. The van der Waals surface area contributed by atoms with Gasteiger partial charge in [0.05, 0.1) is 7.11 Å². The second-order valence-electron chi connectivity index (χ2n) is 3.73. The standard InChI is InChI=1S/C11H18N4O2/c1-4-5-8-9(12)13-6-14-10(8)15-7(2)11(16)17-3/h6-7H,4-5H2,1-3H3,(H3,12,13,14,15). The van der Waals surface area contributed by atoms with E-state index >= 15 is 0 Å². The van der Waals surface area contributed by atoms with Crippen LogP contribution in [0.4, 0.5) is 11.6 Å². The van der Waals surface area contributed by atoms with Crippen LogP contribution in [0.1, 0.15) is 25.8 Å². The number of methoxy groups -OCH3 is 1. The van der Waals surface area contributed by atoms with Crippen LogP contribution in [0.2, 0.25) is 0 Å². The van der Waals surface area contributed by atoms with E-state index in [0.717, 1.165) is 18.4 Å². The quantitative estimate of drug-likeness (QED) is 0.743. The van der Waals surface area contributed by atoms with Crippen LogP contribution in [0.25, 0.3) is 0 Å². The molecule has 1 aromatic heterocycles. The van der Waals surface area contributed by atoms with Gasteiger partial charge < -0.3 is 15.8 Å². The number of aromatic nitrogens is 2. The highest BCUT2D eigenvalue weighted by Gasteiger charge is 2.16. The SMILES string of the molecule is CCCc1c(N)ncnc1NC(C)C(=O)OC. The minimum absolute atomic E-state index is 0.343. The highest BCUT2D eigenvalue weighted by Crippen LogP contribution is 2.19. The number of nitrogens with two attached hydrogens (primary N) is 1. The first-order valence-corrected chi connectivity index (χ1v) is 5.53. The lowest BCUT2D eigenvalue weighted by Crippen LogP contribution is -2.28. The molecule has 1 unspecified atom stereocenters. The van der Waals surface area contributed by atoms with Gasteiger partial charge in [0.2, 0.25) is 0 Å². The molecule has 94 valence electrons. The van der Waals surface area contributed by atoms with Crippen molar-refractivity contribution in [3.05, 3.63) is 11.9 Å². The van der Waals surface area contributed by atoms with Crippen molar-refractivity contribution >= 4 is 17.6 Å². The highest BCUT2D eigenvalue weighted by molar-refractivity contribution is 5.78. The van der Waals surface area contributed by atoms with E-state index in [2.05, 4.69) is 20.0 Å². The molecular weight excluding hydrogens is 220 g/mol. The molecule has 0 bridgehead atoms. The van der Waals surface area contributed by atoms with Gasteiger partial charge in [-0.2, -0.15) is 0 Å². The topological polar surface area (TPSA) is 90.1 Å². The molecule has 1 heterocycles. The molecule has 0 saturated carbocycles. The van der Waals surface area contributed by atoms with Crippen molar-refractivity contribution in [2.45, 2.75) is 32.7 Å². The van der Waals surface area contributed by atoms with Gasteiger partial charge in [-0.05, 0) is 13.3 Å². The lowest BCUT2D eigenvalue weighted by molar-refractivity contribution is -0.141. The molecule has 0 aliphatic rings. The van der Waals surface area contributed by atoms with E-state index in [1.165, 1.54) is 13.4 Å². The van der Waals surface area contributed by atoms with Gasteiger partial charge in [0.15, 0.2) is 0 Å². The van der Waals surface area contributed by atoms with Gasteiger partial charge in [-0.25, -0.2) is 14.8 Å². The summed E-state index contributed by atoms with van der Waals surface area (Å²) in [6.45, 7) is 3.75. The van der Waals surface area contributed by atoms with Crippen molar-refractivity contribution in [3.8, 4) is 0 Å². The number of anilines is 2. The van der Waals surface area contributed by atoms with E-state index < -0.39 is 6.04 Å². The summed E-state index contributed by atoms with van der Waals surface area (Å²) in [7, 11) is 1.35. The molecule has 3 N–H and O–H groups in total. The Kier molecular flexibility index (Phi) is 4.68. The maximum absolute atomic E-state index is 11.3. The van der Waals surface area contributed by atoms with Gasteiger partial charge in [-0.15, -0.1) is 0 Å². The maximum Gasteiger partial charge on any atom is 0.328 e. The Morgan fingerprint density at radius 3 is 2.88 bits per heavy atom. The van der Waals surface area contributed by atoms with Gasteiger partial charge in [-0.3, -0.25) is 0 Å². The summed E-state index contributed by atoms with van der Waals surface area (Å²) in [4.78, 5) is 19.4. The number of hydrogen-bond donors (Lipinski definition) is 2. The molecule has 1 atom stereocenters. The fourth-order valence-electron chi connectivity index (χ4n) is 1.49. The average molecular weight is 238 g/mol. The summed E-state index contributed by atoms with van der Waals surface area (Å²) in [5.74, 6) is 0.697. The smallest absolute Gasteiger partial charge is 0.328 e. The predicted octanol–water partition coefficient (Wildman–Crippen LogP) is 0.985. The Balaban J connectivity index is 2.90. The Labute approximate surface area is 101 Å². The third-order valence-electron chi connectivity index (χ3n) is 2.39. The molecule has 1 rings (SSSR count). The fourth-order valence-corrected chi connectivity index (χ4v) is 1.49. The van der Waals surface area contributed by atoms with Crippen molar-refractivity contribution in [2.24, 2.45) is 0 Å². The maximum atomic E-state index is 11.3. The molecular formula is C11H18N4O2. The Hall–Kier alpha value is -1.85. The summed E-state index contributed by atoms with van der Waals surface area (Å²) in [6, 6.07) is -0.468. The zero-order valence-corrected chi connectivity index (χ0v) is 10.4. The summed E-state index contributed by atoms with van der Waals surface area (Å²) in [5, 5.41) is 2.98. The molecule has 1 aromatic rings. The molecule has 6 heteroatoms. The number of carbonyl (C=O) groups is 1. The third kappa shape index (κ3) is 3.30. The van der Waals surface area contributed by atoms with Crippen LogP contribution >= 0.6 is 0 Å². The number of ether oxygens (including phenoxy) is 1. The van der Waals surface area contributed by atoms with Crippen molar-refractivity contribution in [1.82, 2.24) is 9.97 Å². The Bertz CT molecular complexity index is 395. The lowest BCUT2D eigenvalue weighted by atomic mass is 10.1. The van der Waals surface area contributed by atoms with E-state index in [4.69, 9.17) is 5.73 Å². The number of esters is 1. The van der Waals surface area contributed by atoms with E-state index in [9.17, 15) is 4.79 Å². The third-order valence-corrected chi connectivity index (χ3v) is 2.39. The number of nitrogen functional groups attached to an aromatic ring is 1. The Morgan fingerprint density at radius 1 is 1.59 bits per heavy atom. The van der Waals surface area contributed by atoms with Gasteiger partial charge >= 0.3 is 5.97 Å². The zero-order chi connectivity index (χ0) is 12.8. The van der Waals surface area contributed by atoms with Crippen molar-refractivity contribution in [2.75, 3.05) is 18.2 Å². The molecule has 0 spiro atoms. The highest BCUT2D eigenvalue weighted by atomic mass is 16.5. The van der Waals surface area contributed by atoms with Gasteiger partial charge in [0.25, 0.3) is 0 Å². The molecule has 17 heavy (non-hydrogen) atoms. The van der Waals surface area contributed by atoms with Crippen molar-refractivity contribution in [1.29, 1.82) is 0 Å². The molecule has 0 saturated heterocycles. The average Bonchev–Trinajstić information content (AvgIpc) is 2.32. The van der Waals surface area contributed by atoms with Crippen LogP contribution in [-0.4, -0.2) is 29.1 Å². The van der Waals surface area contributed by atoms with Gasteiger partial charge in [-0.1, -0.05) is 13.3 Å². The van der Waals surface area contributed by atoms with Crippen LogP contribution in [0.3, 0.4) is 0 Å². The van der Waals surface area contributed by atoms with E-state index in [1.807, 2.05) is 6.92 Å². The van der Waals surface area contributed by atoms with Crippen LogP contribution in [0.15, 0.2) is 6.33 Å². The largest absolute Gasteiger partial charge is 0.467 e. The first-order chi connectivity index (χ1) is 8.10. The molecule has 0 aliphatic carbocycles. The second kappa shape index (κ2) is 6.03. The molecule has 0 fully saturated rings. The first-order valence-electron chi connectivity index (χ1n) is 5.53. The van der Waals surface area contributed by atoms with Crippen LogP contribution < -0.4 is 11.1 Å². The number of nitrogens with one attached hydrogen (secondary N) is 1. The number of carbonyl (C=O) groups excluding carboxylic acids is 1. The lowest BCUT2D eigenvalue weighted by Gasteiger charge is -2.15. The zero-order valence-electron chi connectivity index (χ0n) is 10.4. The summed E-state index contributed by atoms with van der Waals surface area (Å²) in [5.41, 5.74) is 6.62. The fraction of sp³-hybridized carbons (Fsp3) is 0.545. The van der Waals surface area contributed by atoms with E-state index in [0.29, 0.717) is 11.6 Å². The molecule has 6 nitrogen and oxygen atoms in total. The number of rotatable bonds is 5. The first kappa shape index (κ1) is 13.2. The summed E-state index contributed by atoms with van der Waals surface area (Å²) < 4.78 is 4.64. The van der Waals surface area contributed by atoms with E-state index in [1.54, 1.807) is 6.92 Å². The number of hydrogen-bond acceptors (Lipinski definition) is 6. The monoisotopic (exact) mass is 238 g/mol. The van der Waals surface area contributed by atoms with Crippen LogP contribution in [0, 0.1) is 0 Å². The van der Waals surface area contributed by atoms with Crippen molar-refractivity contribution in [3.63, 3.8) is 0 Å². The minimum Gasteiger partial charge on any atom is -0.467 e.